The van der Waals surface area contributed by atoms with Crippen LogP contribution in [-0.4, -0.2) is 38.7 Å². The average molecular weight is 278 g/mol. The Hall–Kier alpha value is -2.23. The predicted octanol–water partition coefficient (Wildman–Crippen LogP) is 2.09. The summed E-state index contributed by atoms with van der Waals surface area (Å²) >= 11 is 0. The maximum atomic E-state index is 11.6. The van der Waals surface area contributed by atoms with Gasteiger partial charge in [-0.25, -0.2) is 9.86 Å². The number of nitrogens with zero attached hydrogens (tertiary/aromatic N) is 1. The van der Waals surface area contributed by atoms with Gasteiger partial charge in [-0.3, -0.25) is 4.84 Å². The normalized spacial score (nSPS) is 9.35. The lowest BCUT2D eigenvalue weighted by Crippen LogP contribution is -2.30. The summed E-state index contributed by atoms with van der Waals surface area (Å²) in [5, 5.41) is 3.75. The van der Waals surface area contributed by atoms with Crippen molar-refractivity contribution in [2.75, 3.05) is 32.9 Å². The van der Waals surface area contributed by atoms with Gasteiger partial charge in [-0.2, -0.15) is 0 Å². The van der Waals surface area contributed by atoms with Gasteiger partial charge in [-0.05, 0) is 19.1 Å². The van der Waals surface area contributed by atoms with Crippen LogP contribution in [0.4, 0.5) is 10.5 Å². The van der Waals surface area contributed by atoms with Crippen LogP contribution in [0.2, 0.25) is 0 Å². The van der Waals surface area contributed by atoms with Crippen LogP contribution in [0.3, 0.4) is 0 Å². The summed E-state index contributed by atoms with van der Waals surface area (Å²) in [6.45, 7) is 2.17. The van der Waals surface area contributed by atoms with Crippen LogP contribution >= 0.6 is 0 Å². The predicted molar refractivity (Wildman–Crippen MR) is 75.1 cm³/mol. The first-order chi connectivity index (χ1) is 9.67. The molecule has 0 heterocycles. The van der Waals surface area contributed by atoms with E-state index < -0.39 is 0 Å². The first-order valence-electron chi connectivity index (χ1n) is 5.96. The number of hydroxylamine groups is 2. The van der Waals surface area contributed by atoms with Gasteiger partial charge in [-0.15, -0.1) is 5.92 Å². The largest absolute Gasteiger partial charge is 0.467 e. The molecule has 0 aliphatic carbocycles. The molecule has 20 heavy (non-hydrogen) atoms. The molecule has 0 saturated carbocycles. The van der Waals surface area contributed by atoms with E-state index in [2.05, 4.69) is 17.2 Å². The molecule has 6 heteroatoms. The molecule has 1 N–H and O–H groups in total. The molecule has 0 fully saturated rings. The van der Waals surface area contributed by atoms with E-state index in [0.29, 0.717) is 18.0 Å². The number of ether oxygens (including phenoxy) is 2. The Morgan fingerprint density at radius 2 is 2.25 bits per heavy atom. The number of anilines is 1. The number of carbonyl (C=O) groups excluding carboxylic acids is 1. The van der Waals surface area contributed by atoms with E-state index in [9.17, 15) is 4.79 Å². The summed E-state index contributed by atoms with van der Waals surface area (Å²) in [4.78, 5) is 16.4. The summed E-state index contributed by atoms with van der Waals surface area (Å²) in [5.41, 5.74) is 0.602. The molecule has 1 rings (SSSR count). The zero-order valence-corrected chi connectivity index (χ0v) is 11.8. The molecule has 2 amide bonds. The second kappa shape index (κ2) is 8.80. The van der Waals surface area contributed by atoms with Gasteiger partial charge in [0, 0.05) is 18.8 Å². The number of urea groups is 1. The molecule has 0 aliphatic heterocycles. The Bertz CT molecular complexity index is 493. The third-order valence-electron chi connectivity index (χ3n) is 2.31. The van der Waals surface area contributed by atoms with Gasteiger partial charge in [0.25, 0.3) is 0 Å². The Morgan fingerprint density at radius 1 is 1.45 bits per heavy atom. The number of carbonyl (C=O) groups is 1. The monoisotopic (exact) mass is 278 g/mol. The highest BCUT2D eigenvalue weighted by atomic mass is 16.7. The molecule has 1 aromatic rings. The van der Waals surface area contributed by atoms with Crippen molar-refractivity contribution >= 4 is 11.7 Å². The highest BCUT2D eigenvalue weighted by molar-refractivity contribution is 5.88. The van der Waals surface area contributed by atoms with Crippen LogP contribution in [0.25, 0.3) is 0 Å². The Labute approximate surface area is 118 Å². The van der Waals surface area contributed by atoms with Crippen molar-refractivity contribution in [2.45, 2.75) is 6.92 Å². The van der Waals surface area contributed by atoms with Crippen molar-refractivity contribution in [1.82, 2.24) is 5.06 Å². The summed E-state index contributed by atoms with van der Waals surface area (Å²) in [5.74, 6) is 6.07. The van der Waals surface area contributed by atoms with Gasteiger partial charge >= 0.3 is 6.03 Å². The maximum Gasteiger partial charge on any atom is 0.345 e. The summed E-state index contributed by atoms with van der Waals surface area (Å²) in [6, 6.07) is 6.60. The summed E-state index contributed by atoms with van der Waals surface area (Å²) in [6.07, 6.45) is 0. The van der Waals surface area contributed by atoms with Crippen molar-refractivity contribution in [3.05, 3.63) is 24.3 Å². The van der Waals surface area contributed by atoms with Gasteiger partial charge in [0.1, 0.15) is 12.4 Å². The van der Waals surface area contributed by atoms with E-state index in [1.807, 2.05) is 0 Å². The molecule has 6 nitrogen and oxygen atoms in total. The number of nitrogens with one attached hydrogen (secondary N) is 1. The SMILES string of the molecule is CC#CCOCOc1cccc(NC(=O)N(C)OC)c1. The number of rotatable bonds is 6. The second-order valence-corrected chi connectivity index (χ2v) is 3.68. The van der Waals surface area contributed by atoms with Gasteiger partial charge in [0.05, 0.1) is 7.11 Å². The fraction of sp³-hybridized carbons (Fsp3) is 0.357. The zero-order chi connectivity index (χ0) is 14.8. The minimum atomic E-state index is -0.376. The van der Waals surface area contributed by atoms with Gasteiger partial charge in [0.2, 0.25) is 0 Å². The maximum absolute atomic E-state index is 11.6. The summed E-state index contributed by atoms with van der Waals surface area (Å²) in [7, 11) is 2.92. The Balaban J connectivity index is 2.48. The minimum absolute atomic E-state index is 0.101. The molecule has 0 saturated heterocycles. The standard InChI is InChI=1S/C14H18N2O4/c1-4-5-9-19-11-20-13-8-6-7-12(10-13)15-14(17)16(2)18-3/h6-8,10H,9,11H2,1-3H3,(H,15,17). The van der Waals surface area contributed by atoms with Crippen molar-refractivity contribution in [3.8, 4) is 17.6 Å². The van der Waals surface area contributed by atoms with E-state index in [4.69, 9.17) is 14.3 Å². The fourth-order valence-corrected chi connectivity index (χ4v) is 1.22. The van der Waals surface area contributed by atoms with E-state index in [0.717, 1.165) is 5.06 Å². The smallest absolute Gasteiger partial charge is 0.345 e. The van der Waals surface area contributed by atoms with Gasteiger partial charge in [0.15, 0.2) is 6.79 Å². The molecule has 0 radical (unpaired) electrons. The molecular weight excluding hydrogens is 260 g/mol. The number of amides is 2. The van der Waals surface area contributed by atoms with Crippen molar-refractivity contribution in [1.29, 1.82) is 0 Å². The highest BCUT2D eigenvalue weighted by Gasteiger charge is 2.07. The Morgan fingerprint density at radius 3 is 2.95 bits per heavy atom. The first-order valence-corrected chi connectivity index (χ1v) is 5.96. The number of benzene rings is 1. The van der Waals surface area contributed by atoms with Crippen LogP contribution in [0.1, 0.15) is 6.92 Å². The second-order valence-electron chi connectivity index (χ2n) is 3.68. The van der Waals surface area contributed by atoms with Gasteiger partial charge in [-0.1, -0.05) is 12.0 Å². The van der Waals surface area contributed by atoms with Crippen molar-refractivity contribution < 1.29 is 19.1 Å². The molecule has 0 aromatic heterocycles. The third-order valence-corrected chi connectivity index (χ3v) is 2.31. The van der Waals surface area contributed by atoms with Crippen LogP contribution in [0.15, 0.2) is 24.3 Å². The van der Waals surface area contributed by atoms with Crippen LogP contribution in [0.5, 0.6) is 5.75 Å². The van der Waals surface area contributed by atoms with E-state index >= 15 is 0 Å². The first kappa shape index (κ1) is 15.8. The molecule has 0 aliphatic rings. The van der Waals surface area contributed by atoms with Crippen LogP contribution < -0.4 is 10.1 Å². The number of hydrogen-bond acceptors (Lipinski definition) is 4. The zero-order valence-electron chi connectivity index (χ0n) is 11.8. The molecule has 108 valence electrons. The topological polar surface area (TPSA) is 60.0 Å². The molecule has 1 aromatic carbocycles. The molecule has 0 spiro atoms. The van der Waals surface area contributed by atoms with Crippen molar-refractivity contribution in [3.63, 3.8) is 0 Å². The van der Waals surface area contributed by atoms with Gasteiger partial charge < -0.3 is 14.8 Å². The third kappa shape index (κ3) is 5.61. The van der Waals surface area contributed by atoms with Crippen LogP contribution in [-0.2, 0) is 9.57 Å². The van der Waals surface area contributed by atoms with Crippen molar-refractivity contribution in [2.24, 2.45) is 0 Å². The fourth-order valence-electron chi connectivity index (χ4n) is 1.22. The average Bonchev–Trinajstić information content (AvgIpc) is 2.46. The lowest BCUT2D eigenvalue weighted by molar-refractivity contribution is -0.0598. The number of hydrogen-bond donors (Lipinski definition) is 1. The minimum Gasteiger partial charge on any atom is -0.467 e. The molecule has 0 bridgehead atoms. The lowest BCUT2D eigenvalue weighted by atomic mass is 10.3. The Kier molecular flexibility index (Phi) is 6.96. The van der Waals surface area contributed by atoms with Crippen LogP contribution in [0, 0.1) is 11.8 Å². The highest BCUT2D eigenvalue weighted by Crippen LogP contribution is 2.17. The molecule has 0 unspecified atom stereocenters. The summed E-state index contributed by atoms with van der Waals surface area (Å²) < 4.78 is 10.5. The lowest BCUT2D eigenvalue weighted by Gasteiger charge is -2.15. The molecular formula is C14H18N2O4. The molecule has 0 atom stereocenters. The quantitative estimate of drug-likeness (QED) is 0.374. The van der Waals surface area contributed by atoms with E-state index in [1.54, 1.807) is 31.2 Å². The van der Waals surface area contributed by atoms with E-state index in [-0.39, 0.29) is 12.8 Å². The van der Waals surface area contributed by atoms with E-state index in [1.165, 1.54) is 14.2 Å².